The molecular formula is C12H20N2S. The lowest BCUT2D eigenvalue weighted by molar-refractivity contribution is 0.637. The minimum atomic E-state index is 0.285. The molecular weight excluding hydrogens is 204 g/mol. The van der Waals surface area contributed by atoms with Gasteiger partial charge in [-0.3, -0.25) is 0 Å². The molecule has 1 aliphatic rings. The normalized spacial score (nSPS) is 19.6. The van der Waals surface area contributed by atoms with Crippen LogP contribution in [0.2, 0.25) is 0 Å². The van der Waals surface area contributed by atoms with Gasteiger partial charge in [0.2, 0.25) is 0 Å². The molecule has 0 radical (unpaired) electrons. The van der Waals surface area contributed by atoms with Crippen molar-refractivity contribution in [2.75, 3.05) is 0 Å². The first-order chi connectivity index (χ1) is 7.29. The Labute approximate surface area is 95.9 Å². The van der Waals surface area contributed by atoms with Gasteiger partial charge in [0.15, 0.2) is 0 Å². The van der Waals surface area contributed by atoms with E-state index in [4.69, 9.17) is 10.7 Å². The molecule has 1 fully saturated rings. The zero-order valence-corrected chi connectivity index (χ0v) is 10.2. The van der Waals surface area contributed by atoms with Crippen molar-refractivity contribution >= 4 is 11.3 Å². The van der Waals surface area contributed by atoms with Crippen LogP contribution in [0.1, 0.15) is 55.6 Å². The highest BCUT2D eigenvalue weighted by Crippen LogP contribution is 2.34. The van der Waals surface area contributed by atoms with Gasteiger partial charge in [-0.05, 0) is 19.3 Å². The maximum absolute atomic E-state index is 5.93. The monoisotopic (exact) mass is 224 g/mol. The molecule has 1 aliphatic carbocycles. The highest BCUT2D eigenvalue weighted by atomic mass is 32.1. The van der Waals surface area contributed by atoms with Gasteiger partial charge in [0, 0.05) is 23.8 Å². The van der Waals surface area contributed by atoms with Crippen LogP contribution in [-0.2, 0) is 6.42 Å². The van der Waals surface area contributed by atoms with E-state index >= 15 is 0 Å². The Kier molecular flexibility index (Phi) is 3.76. The Bertz CT molecular complexity index is 302. The molecule has 0 amide bonds. The van der Waals surface area contributed by atoms with E-state index in [1.165, 1.54) is 36.4 Å². The molecule has 84 valence electrons. The molecule has 2 rings (SSSR count). The fourth-order valence-electron chi connectivity index (χ4n) is 2.20. The average molecular weight is 224 g/mol. The Hall–Kier alpha value is -0.410. The van der Waals surface area contributed by atoms with Gasteiger partial charge in [-0.25, -0.2) is 4.98 Å². The van der Waals surface area contributed by atoms with Crippen molar-refractivity contribution in [3.63, 3.8) is 0 Å². The van der Waals surface area contributed by atoms with Crippen molar-refractivity contribution in [1.82, 2.24) is 4.98 Å². The quantitative estimate of drug-likeness (QED) is 0.853. The van der Waals surface area contributed by atoms with Gasteiger partial charge < -0.3 is 5.73 Å². The van der Waals surface area contributed by atoms with Crippen LogP contribution in [0.15, 0.2) is 5.38 Å². The summed E-state index contributed by atoms with van der Waals surface area (Å²) in [6.07, 6.45) is 7.43. The molecule has 0 spiro atoms. The second-order valence-electron chi connectivity index (χ2n) is 4.52. The molecule has 2 N–H and O–H groups in total. The smallest absolute Gasteiger partial charge is 0.0943 e. The molecule has 0 aliphatic heterocycles. The maximum atomic E-state index is 5.93. The first-order valence-electron chi connectivity index (χ1n) is 5.99. The molecule has 0 saturated heterocycles. The number of hydrogen-bond donors (Lipinski definition) is 1. The topological polar surface area (TPSA) is 38.9 Å². The molecule has 15 heavy (non-hydrogen) atoms. The number of thiazole rings is 1. The Morgan fingerprint density at radius 1 is 1.53 bits per heavy atom. The first-order valence-corrected chi connectivity index (χ1v) is 6.87. The lowest BCUT2D eigenvalue weighted by atomic mass is 10.1. The fourth-order valence-corrected chi connectivity index (χ4v) is 3.17. The van der Waals surface area contributed by atoms with Crippen molar-refractivity contribution in [3.8, 4) is 0 Å². The van der Waals surface area contributed by atoms with Gasteiger partial charge in [-0.15, -0.1) is 11.3 Å². The predicted molar refractivity (Wildman–Crippen MR) is 65.3 cm³/mol. The van der Waals surface area contributed by atoms with E-state index in [9.17, 15) is 0 Å². The maximum Gasteiger partial charge on any atom is 0.0943 e. The molecule has 2 nitrogen and oxygen atoms in total. The summed E-state index contributed by atoms with van der Waals surface area (Å²) < 4.78 is 0. The molecule has 1 atom stereocenters. The zero-order chi connectivity index (χ0) is 10.7. The van der Waals surface area contributed by atoms with Crippen LogP contribution < -0.4 is 5.73 Å². The largest absolute Gasteiger partial charge is 0.327 e. The highest BCUT2D eigenvalue weighted by Gasteiger charge is 2.19. The highest BCUT2D eigenvalue weighted by molar-refractivity contribution is 7.09. The van der Waals surface area contributed by atoms with Crippen LogP contribution in [0.4, 0.5) is 0 Å². The van der Waals surface area contributed by atoms with Crippen molar-refractivity contribution in [1.29, 1.82) is 0 Å². The molecule has 0 bridgehead atoms. The third-order valence-electron chi connectivity index (χ3n) is 3.30. The van der Waals surface area contributed by atoms with Crippen LogP contribution in [0.3, 0.4) is 0 Å². The Morgan fingerprint density at radius 3 is 2.93 bits per heavy atom. The van der Waals surface area contributed by atoms with Crippen molar-refractivity contribution < 1.29 is 0 Å². The summed E-state index contributed by atoms with van der Waals surface area (Å²) in [5.74, 6) is 0.743. The van der Waals surface area contributed by atoms with Gasteiger partial charge in [0.1, 0.15) is 0 Å². The lowest BCUT2D eigenvalue weighted by Gasteiger charge is -2.06. The summed E-state index contributed by atoms with van der Waals surface area (Å²) in [6.45, 7) is 2.14. The fraction of sp³-hybridized carbons (Fsp3) is 0.750. The summed E-state index contributed by atoms with van der Waals surface area (Å²) >= 11 is 1.79. The third kappa shape index (κ3) is 2.79. The number of nitrogens with zero attached hydrogens (tertiary/aromatic N) is 1. The van der Waals surface area contributed by atoms with Gasteiger partial charge >= 0.3 is 0 Å². The average Bonchev–Trinajstić information content (AvgIpc) is 2.85. The summed E-state index contributed by atoms with van der Waals surface area (Å²) in [6, 6.07) is 0.285. The molecule has 1 heterocycles. The van der Waals surface area contributed by atoms with E-state index in [1.807, 2.05) is 0 Å². The molecule has 1 aromatic rings. The third-order valence-corrected chi connectivity index (χ3v) is 4.19. The molecule has 1 aromatic heterocycles. The van der Waals surface area contributed by atoms with E-state index in [1.54, 1.807) is 11.3 Å². The van der Waals surface area contributed by atoms with Gasteiger partial charge in [0.05, 0.1) is 10.7 Å². The summed E-state index contributed by atoms with van der Waals surface area (Å²) in [5, 5.41) is 3.47. The van der Waals surface area contributed by atoms with Crippen LogP contribution in [0.5, 0.6) is 0 Å². The Morgan fingerprint density at radius 2 is 2.27 bits per heavy atom. The van der Waals surface area contributed by atoms with Crippen LogP contribution in [0, 0.1) is 0 Å². The van der Waals surface area contributed by atoms with Gasteiger partial charge in [0.25, 0.3) is 0 Å². The van der Waals surface area contributed by atoms with Crippen LogP contribution >= 0.6 is 11.3 Å². The molecule has 3 heteroatoms. The second kappa shape index (κ2) is 5.08. The van der Waals surface area contributed by atoms with Crippen molar-refractivity contribution in [2.24, 2.45) is 5.73 Å². The lowest BCUT2D eigenvalue weighted by Crippen LogP contribution is -2.21. The van der Waals surface area contributed by atoms with Crippen LogP contribution in [-0.4, -0.2) is 11.0 Å². The van der Waals surface area contributed by atoms with Crippen LogP contribution in [0.25, 0.3) is 0 Å². The number of rotatable bonds is 4. The van der Waals surface area contributed by atoms with Gasteiger partial charge in [-0.1, -0.05) is 19.8 Å². The molecule has 1 unspecified atom stereocenters. The van der Waals surface area contributed by atoms with E-state index in [-0.39, 0.29) is 6.04 Å². The van der Waals surface area contributed by atoms with E-state index in [2.05, 4.69) is 12.3 Å². The SMILES string of the molecule is CCC(N)Cc1nc(C2CCCC2)cs1. The number of aromatic nitrogens is 1. The summed E-state index contributed by atoms with van der Waals surface area (Å²) in [7, 11) is 0. The standard InChI is InChI=1S/C12H20N2S/c1-2-10(13)7-12-14-11(8-15-12)9-5-3-4-6-9/h8-10H,2-7,13H2,1H3. The van der Waals surface area contributed by atoms with Crippen molar-refractivity contribution in [2.45, 2.75) is 57.4 Å². The van der Waals surface area contributed by atoms with E-state index in [0.717, 1.165) is 18.8 Å². The molecule has 0 aromatic carbocycles. The number of nitrogens with two attached hydrogens (primary N) is 1. The summed E-state index contributed by atoms with van der Waals surface area (Å²) in [5.41, 5.74) is 7.26. The molecule has 1 saturated carbocycles. The summed E-state index contributed by atoms with van der Waals surface area (Å²) in [4.78, 5) is 4.72. The van der Waals surface area contributed by atoms with E-state index < -0.39 is 0 Å². The Balaban J connectivity index is 1.97. The van der Waals surface area contributed by atoms with Crippen molar-refractivity contribution in [3.05, 3.63) is 16.1 Å². The minimum absolute atomic E-state index is 0.285. The minimum Gasteiger partial charge on any atom is -0.327 e. The zero-order valence-electron chi connectivity index (χ0n) is 9.41. The predicted octanol–water partition coefficient (Wildman–Crippen LogP) is 3.08. The van der Waals surface area contributed by atoms with E-state index in [0.29, 0.717) is 0 Å². The van der Waals surface area contributed by atoms with Gasteiger partial charge in [-0.2, -0.15) is 0 Å². The second-order valence-corrected chi connectivity index (χ2v) is 5.46. The first kappa shape index (κ1) is 11.1. The number of hydrogen-bond acceptors (Lipinski definition) is 3.